The van der Waals surface area contributed by atoms with E-state index in [1.807, 2.05) is 0 Å². The summed E-state index contributed by atoms with van der Waals surface area (Å²) in [5, 5.41) is 0.0819. The molecule has 1 aliphatic carbocycles. The quantitative estimate of drug-likeness (QED) is 0.740. The Bertz CT molecular complexity index is 559. The van der Waals surface area contributed by atoms with Crippen molar-refractivity contribution in [2.45, 2.75) is 24.8 Å². The number of imidazole rings is 1. The van der Waals surface area contributed by atoms with E-state index in [1.54, 1.807) is 18.5 Å². The number of aromatic nitrogens is 2. The Morgan fingerprint density at radius 3 is 2.72 bits per heavy atom. The molecule has 6 heteroatoms. The molecule has 1 heterocycles. The molecule has 2 rings (SSSR count). The Morgan fingerprint density at radius 2 is 2.28 bits per heavy atom. The number of terminal acetylenes is 1. The van der Waals surface area contributed by atoms with Gasteiger partial charge in [0.05, 0.1) is 6.54 Å². The van der Waals surface area contributed by atoms with E-state index in [0.717, 1.165) is 12.8 Å². The van der Waals surface area contributed by atoms with Crippen molar-refractivity contribution in [2.75, 3.05) is 13.1 Å². The number of nitrogens with zero attached hydrogens (tertiary/aromatic N) is 3. The molecule has 0 bridgehead atoms. The molecule has 98 valence electrons. The van der Waals surface area contributed by atoms with Crippen LogP contribution in [0.5, 0.6) is 0 Å². The molecule has 0 N–H and O–H groups in total. The minimum absolute atomic E-state index is 0.0819. The zero-order chi connectivity index (χ0) is 13.3. The summed E-state index contributed by atoms with van der Waals surface area (Å²) in [5.74, 6) is 3.53. The van der Waals surface area contributed by atoms with E-state index >= 15 is 0 Å². The molecule has 1 aromatic heterocycles. The monoisotopic (exact) mass is 267 g/mol. The zero-order valence-corrected chi connectivity index (χ0v) is 11.4. The second-order valence-corrected chi connectivity index (χ2v) is 6.57. The molecule has 1 saturated carbocycles. The first-order valence-electron chi connectivity index (χ1n) is 5.88. The van der Waals surface area contributed by atoms with E-state index in [2.05, 4.69) is 10.9 Å². The molecule has 0 unspecified atom stereocenters. The summed E-state index contributed by atoms with van der Waals surface area (Å²) in [6, 6.07) is 0. The van der Waals surface area contributed by atoms with E-state index in [-0.39, 0.29) is 11.6 Å². The molecule has 0 spiro atoms. The second-order valence-electron chi connectivity index (χ2n) is 4.68. The minimum atomic E-state index is -3.56. The number of hydrogen-bond acceptors (Lipinski definition) is 3. The normalized spacial score (nSPS) is 15.9. The van der Waals surface area contributed by atoms with E-state index in [9.17, 15) is 8.42 Å². The van der Waals surface area contributed by atoms with Gasteiger partial charge in [-0.05, 0) is 25.7 Å². The first-order chi connectivity index (χ1) is 8.45. The predicted molar refractivity (Wildman–Crippen MR) is 68.3 cm³/mol. The highest BCUT2D eigenvalue weighted by molar-refractivity contribution is 7.89. The lowest BCUT2D eigenvalue weighted by Gasteiger charge is -2.17. The van der Waals surface area contributed by atoms with E-state index in [4.69, 9.17) is 6.42 Å². The van der Waals surface area contributed by atoms with Crippen LogP contribution in [0, 0.1) is 25.2 Å². The summed E-state index contributed by atoms with van der Waals surface area (Å²) in [7, 11) is -1.79. The van der Waals surface area contributed by atoms with Crippen LogP contribution in [0.15, 0.2) is 11.2 Å². The second kappa shape index (κ2) is 4.75. The summed E-state index contributed by atoms with van der Waals surface area (Å²) in [6.07, 6.45) is 8.94. The van der Waals surface area contributed by atoms with Gasteiger partial charge in [-0.25, -0.2) is 13.4 Å². The smallest absolute Gasteiger partial charge is 0.262 e. The fourth-order valence-electron chi connectivity index (χ4n) is 1.72. The van der Waals surface area contributed by atoms with Crippen molar-refractivity contribution >= 4 is 10.0 Å². The number of rotatable bonds is 5. The van der Waals surface area contributed by atoms with Gasteiger partial charge in [-0.1, -0.05) is 5.92 Å². The summed E-state index contributed by atoms with van der Waals surface area (Å²) in [4.78, 5) is 4.08. The lowest BCUT2D eigenvalue weighted by molar-refractivity contribution is 0.428. The Labute approximate surface area is 108 Å². The van der Waals surface area contributed by atoms with Crippen molar-refractivity contribution in [3.63, 3.8) is 0 Å². The molecular weight excluding hydrogens is 250 g/mol. The molecule has 0 amide bonds. The highest BCUT2D eigenvalue weighted by Gasteiger charge is 2.32. The van der Waals surface area contributed by atoms with Gasteiger partial charge in [0.25, 0.3) is 10.0 Å². The third-order valence-corrected chi connectivity index (χ3v) is 4.80. The maximum absolute atomic E-state index is 12.4. The van der Waals surface area contributed by atoms with Crippen LogP contribution < -0.4 is 0 Å². The van der Waals surface area contributed by atoms with Crippen molar-refractivity contribution < 1.29 is 8.42 Å². The van der Waals surface area contributed by atoms with Crippen molar-refractivity contribution in [1.29, 1.82) is 0 Å². The van der Waals surface area contributed by atoms with Crippen LogP contribution in [0.3, 0.4) is 0 Å². The predicted octanol–water partition coefficient (Wildman–Crippen LogP) is 0.762. The van der Waals surface area contributed by atoms with Crippen LogP contribution in [-0.4, -0.2) is 35.4 Å². The van der Waals surface area contributed by atoms with Gasteiger partial charge in [-0.2, -0.15) is 4.31 Å². The summed E-state index contributed by atoms with van der Waals surface area (Å²) in [5.41, 5.74) is 0. The molecule has 0 radical (unpaired) electrons. The number of aryl methyl sites for hydroxylation is 2. The molecule has 0 aromatic carbocycles. The standard InChI is InChI=1S/C12H17N3O2S/c1-4-7-15(8-11-5-6-11)18(16,17)12-9-14(3)10(2)13-12/h1,9,11H,5-8H2,2-3H3. The fraction of sp³-hybridized carbons (Fsp3) is 0.583. The molecular formula is C12H17N3O2S. The largest absolute Gasteiger partial charge is 0.337 e. The van der Waals surface area contributed by atoms with Crippen LogP contribution in [0.25, 0.3) is 0 Å². The molecule has 0 atom stereocenters. The Hall–Kier alpha value is -1.32. The van der Waals surface area contributed by atoms with Crippen LogP contribution >= 0.6 is 0 Å². The van der Waals surface area contributed by atoms with Gasteiger partial charge in [0, 0.05) is 19.8 Å². The van der Waals surface area contributed by atoms with Crippen LogP contribution in [0.4, 0.5) is 0 Å². The Balaban J connectivity index is 2.28. The van der Waals surface area contributed by atoms with E-state index < -0.39 is 10.0 Å². The van der Waals surface area contributed by atoms with Crippen LogP contribution in [0.2, 0.25) is 0 Å². The third-order valence-electron chi connectivity index (χ3n) is 3.12. The van der Waals surface area contributed by atoms with E-state index in [1.165, 1.54) is 10.5 Å². The first-order valence-corrected chi connectivity index (χ1v) is 7.32. The van der Waals surface area contributed by atoms with Gasteiger partial charge in [-0.15, -0.1) is 6.42 Å². The SMILES string of the molecule is C#CCN(CC1CC1)S(=O)(=O)c1cn(C)c(C)n1. The van der Waals surface area contributed by atoms with Crippen molar-refractivity contribution in [2.24, 2.45) is 13.0 Å². The number of sulfonamides is 1. The van der Waals surface area contributed by atoms with Gasteiger partial charge >= 0.3 is 0 Å². The molecule has 0 aliphatic heterocycles. The Morgan fingerprint density at radius 1 is 1.61 bits per heavy atom. The van der Waals surface area contributed by atoms with Gasteiger partial charge in [0.15, 0.2) is 5.03 Å². The highest BCUT2D eigenvalue weighted by atomic mass is 32.2. The minimum Gasteiger partial charge on any atom is -0.337 e. The van der Waals surface area contributed by atoms with Gasteiger partial charge in [0.2, 0.25) is 0 Å². The molecule has 0 saturated heterocycles. The maximum Gasteiger partial charge on any atom is 0.262 e. The lowest BCUT2D eigenvalue weighted by Crippen LogP contribution is -2.33. The van der Waals surface area contributed by atoms with Gasteiger partial charge < -0.3 is 4.57 Å². The van der Waals surface area contributed by atoms with Crippen molar-refractivity contribution in [3.8, 4) is 12.3 Å². The third kappa shape index (κ3) is 2.57. The zero-order valence-electron chi connectivity index (χ0n) is 10.6. The molecule has 1 aromatic rings. The van der Waals surface area contributed by atoms with Crippen LogP contribution in [-0.2, 0) is 17.1 Å². The van der Waals surface area contributed by atoms with Crippen LogP contribution in [0.1, 0.15) is 18.7 Å². The average Bonchev–Trinajstić information content (AvgIpc) is 3.05. The van der Waals surface area contributed by atoms with E-state index in [0.29, 0.717) is 18.3 Å². The fourth-order valence-corrected chi connectivity index (χ4v) is 3.18. The average molecular weight is 267 g/mol. The Kier molecular flexibility index (Phi) is 3.46. The first kappa shape index (κ1) is 13.1. The molecule has 1 fully saturated rings. The lowest BCUT2D eigenvalue weighted by atomic mass is 10.4. The summed E-state index contributed by atoms with van der Waals surface area (Å²) in [6.45, 7) is 2.38. The molecule has 1 aliphatic rings. The number of hydrogen-bond donors (Lipinski definition) is 0. The van der Waals surface area contributed by atoms with Gasteiger partial charge in [-0.3, -0.25) is 0 Å². The molecule has 18 heavy (non-hydrogen) atoms. The summed E-state index contributed by atoms with van der Waals surface area (Å²) >= 11 is 0. The maximum atomic E-state index is 12.4. The highest BCUT2D eigenvalue weighted by Crippen LogP contribution is 2.31. The molecule has 5 nitrogen and oxygen atoms in total. The summed E-state index contributed by atoms with van der Waals surface area (Å²) < 4.78 is 27.9. The van der Waals surface area contributed by atoms with Crippen molar-refractivity contribution in [1.82, 2.24) is 13.9 Å². The van der Waals surface area contributed by atoms with Crippen molar-refractivity contribution in [3.05, 3.63) is 12.0 Å². The van der Waals surface area contributed by atoms with Gasteiger partial charge in [0.1, 0.15) is 5.82 Å². The topological polar surface area (TPSA) is 55.2 Å².